The van der Waals surface area contributed by atoms with E-state index in [4.69, 9.17) is 13.9 Å². The van der Waals surface area contributed by atoms with Gasteiger partial charge in [0.1, 0.15) is 41.1 Å². The number of fused-ring (bicyclic) bond motifs is 1. The van der Waals surface area contributed by atoms with Gasteiger partial charge in [-0.1, -0.05) is 0 Å². The van der Waals surface area contributed by atoms with Gasteiger partial charge in [0.2, 0.25) is 12.0 Å². The summed E-state index contributed by atoms with van der Waals surface area (Å²) in [4.78, 5) is 12.7. The maximum atomic E-state index is 12.7. The molecular weight excluding hydrogens is 444 g/mol. The number of aliphatic hydroxyl groups is 4. The third kappa shape index (κ3) is 3.90. The second-order valence-corrected chi connectivity index (χ2v) is 7.44. The Balaban J connectivity index is 1.75. The standard InChI is InChI=1S/C21H20O12/c22-6-14-16(27)18(29)19(30)21(32-14)33-20-11(26)5-13-15(17(20)28)10(25)4-12(31-13)7-1-2-8(23)9(24)3-7/h1-5,14,16,18-19,21-24,26-30H,6H2/t14-,16-,18-,19-,21-/m1/s1. The van der Waals surface area contributed by atoms with Crippen LogP contribution in [0.25, 0.3) is 22.3 Å². The van der Waals surface area contributed by atoms with E-state index in [9.17, 15) is 45.6 Å². The van der Waals surface area contributed by atoms with E-state index in [-0.39, 0.29) is 28.0 Å². The van der Waals surface area contributed by atoms with E-state index < -0.39 is 65.7 Å². The third-order valence-corrected chi connectivity index (χ3v) is 5.27. The second-order valence-electron chi connectivity index (χ2n) is 7.44. The number of rotatable bonds is 4. The van der Waals surface area contributed by atoms with Crippen LogP contribution in [-0.4, -0.2) is 78.2 Å². The summed E-state index contributed by atoms with van der Waals surface area (Å²) in [6.45, 7) is -0.723. The fourth-order valence-corrected chi connectivity index (χ4v) is 3.49. The van der Waals surface area contributed by atoms with Gasteiger partial charge in [-0.3, -0.25) is 4.79 Å². The summed E-state index contributed by atoms with van der Waals surface area (Å²) in [5.41, 5.74) is -0.777. The van der Waals surface area contributed by atoms with Crippen LogP contribution >= 0.6 is 0 Å². The fraction of sp³-hybridized carbons (Fsp3) is 0.286. The van der Waals surface area contributed by atoms with Crippen molar-refractivity contribution in [2.24, 2.45) is 0 Å². The molecule has 8 N–H and O–H groups in total. The van der Waals surface area contributed by atoms with E-state index in [2.05, 4.69) is 0 Å². The number of ether oxygens (including phenoxy) is 2. The molecule has 5 atom stereocenters. The van der Waals surface area contributed by atoms with Crippen LogP contribution in [0.1, 0.15) is 0 Å². The Morgan fingerprint density at radius 2 is 1.61 bits per heavy atom. The highest BCUT2D eigenvalue weighted by Gasteiger charge is 2.45. The lowest BCUT2D eigenvalue weighted by atomic mass is 9.99. The number of hydrogen-bond acceptors (Lipinski definition) is 12. The van der Waals surface area contributed by atoms with Gasteiger partial charge in [0.15, 0.2) is 28.4 Å². The zero-order chi connectivity index (χ0) is 24.0. The van der Waals surface area contributed by atoms with Crippen LogP contribution in [-0.2, 0) is 4.74 Å². The summed E-state index contributed by atoms with van der Waals surface area (Å²) in [7, 11) is 0. The van der Waals surface area contributed by atoms with Crippen molar-refractivity contribution in [2.45, 2.75) is 30.7 Å². The van der Waals surface area contributed by atoms with Crippen LogP contribution in [0.3, 0.4) is 0 Å². The van der Waals surface area contributed by atoms with Gasteiger partial charge in [-0.05, 0) is 18.2 Å². The summed E-state index contributed by atoms with van der Waals surface area (Å²) in [5.74, 6) is -3.11. The average Bonchev–Trinajstić information content (AvgIpc) is 2.77. The minimum absolute atomic E-state index is 0.0378. The van der Waals surface area contributed by atoms with E-state index in [1.165, 1.54) is 12.1 Å². The van der Waals surface area contributed by atoms with E-state index in [1.54, 1.807) is 0 Å². The van der Waals surface area contributed by atoms with Gasteiger partial charge in [-0.15, -0.1) is 0 Å². The number of aromatic hydroxyl groups is 4. The molecular formula is C21H20O12. The van der Waals surface area contributed by atoms with Gasteiger partial charge in [0.25, 0.3) is 0 Å². The van der Waals surface area contributed by atoms with Gasteiger partial charge in [0, 0.05) is 17.7 Å². The molecule has 12 nitrogen and oxygen atoms in total. The molecule has 33 heavy (non-hydrogen) atoms. The van der Waals surface area contributed by atoms with Crippen molar-refractivity contribution in [1.82, 2.24) is 0 Å². The predicted molar refractivity (Wildman–Crippen MR) is 109 cm³/mol. The summed E-state index contributed by atoms with van der Waals surface area (Å²) in [6, 6.07) is 5.66. The molecule has 3 aromatic rings. The topological polar surface area (TPSA) is 211 Å². The highest BCUT2D eigenvalue weighted by molar-refractivity contribution is 5.89. The lowest BCUT2D eigenvalue weighted by Gasteiger charge is -2.39. The Morgan fingerprint density at radius 1 is 0.879 bits per heavy atom. The van der Waals surface area contributed by atoms with E-state index >= 15 is 0 Å². The Kier molecular flexibility index (Phi) is 5.78. The molecule has 0 amide bonds. The minimum atomic E-state index is -1.82. The Labute approximate surface area is 184 Å². The molecule has 0 spiro atoms. The van der Waals surface area contributed by atoms with Crippen molar-refractivity contribution in [1.29, 1.82) is 0 Å². The van der Waals surface area contributed by atoms with Crippen molar-refractivity contribution < 1.29 is 54.7 Å². The number of phenolic OH excluding ortho intramolecular Hbond substituents is 4. The van der Waals surface area contributed by atoms with Crippen LogP contribution in [0.2, 0.25) is 0 Å². The molecule has 1 aromatic heterocycles. The number of aliphatic hydroxyl groups excluding tert-OH is 4. The summed E-state index contributed by atoms with van der Waals surface area (Å²) < 4.78 is 16.0. The first-order valence-corrected chi connectivity index (χ1v) is 9.64. The smallest absolute Gasteiger partial charge is 0.229 e. The average molecular weight is 464 g/mol. The molecule has 1 aliphatic rings. The Hall–Kier alpha value is -3.55. The summed E-state index contributed by atoms with van der Waals surface area (Å²) in [5, 5.41) is 78.8. The van der Waals surface area contributed by atoms with Crippen molar-refractivity contribution in [3.63, 3.8) is 0 Å². The Morgan fingerprint density at radius 3 is 2.27 bits per heavy atom. The molecule has 4 rings (SSSR count). The summed E-state index contributed by atoms with van der Waals surface area (Å²) in [6.07, 6.45) is -8.25. The van der Waals surface area contributed by atoms with E-state index in [0.29, 0.717) is 0 Å². The molecule has 1 fully saturated rings. The molecule has 0 saturated carbocycles. The largest absolute Gasteiger partial charge is 0.504 e. The number of hydrogen-bond donors (Lipinski definition) is 8. The summed E-state index contributed by atoms with van der Waals surface area (Å²) >= 11 is 0. The maximum absolute atomic E-state index is 12.7. The van der Waals surface area contributed by atoms with E-state index in [0.717, 1.165) is 18.2 Å². The highest BCUT2D eigenvalue weighted by Crippen LogP contribution is 2.43. The predicted octanol–water partition coefficient (Wildman–Crippen LogP) is -0.539. The van der Waals surface area contributed by atoms with Gasteiger partial charge < -0.3 is 54.7 Å². The van der Waals surface area contributed by atoms with Gasteiger partial charge in [-0.25, -0.2) is 0 Å². The molecule has 0 radical (unpaired) electrons. The number of phenols is 4. The van der Waals surface area contributed by atoms with Gasteiger partial charge in [-0.2, -0.15) is 0 Å². The zero-order valence-corrected chi connectivity index (χ0v) is 16.7. The zero-order valence-electron chi connectivity index (χ0n) is 16.7. The quantitative estimate of drug-likeness (QED) is 0.229. The monoisotopic (exact) mass is 464 g/mol. The van der Waals surface area contributed by atoms with Crippen LogP contribution in [0.4, 0.5) is 0 Å². The van der Waals surface area contributed by atoms with Crippen LogP contribution in [0.5, 0.6) is 28.7 Å². The van der Waals surface area contributed by atoms with Crippen LogP contribution < -0.4 is 10.2 Å². The maximum Gasteiger partial charge on any atom is 0.229 e. The van der Waals surface area contributed by atoms with Crippen molar-refractivity contribution >= 4 is 11.0 Å². The van der Waals surface area contributed by atoms with E-state index in [1.807, 2.05) is 0 Å². The van der Waals surface area contributed by atoms with Crippen molar-refractivity contribution in [3.05, 3.63) is 40.6 Å². The third-order valence-electron chi connectivity index (χ3n) is 5.27. The molecule has 0 bridgehead atoms. The molecule has 1 aliphatic heterocycles. The first-order valence-electron chi connectivity index (χ1n) is 9.64. The molecule has 2 heterocycles. The lowest BCUT2D eigenvalue weighted by Crippen LogP contribution is -2.60. The molecule has 0 aliphatic carbocycles. The normalized spacial score (nSPS) is 25.3. The molecule has 176 valence electrons. The molecule has 1 saturated heterocycles. The van der Waals surface area contributed by atoms with Gasteiger partial charge >= 0.3 is 0 Å². The van der Waals surface area contributed by atoms with Crippen molar-refractivity contribution in [2.75, 3.05) is 6.61 Å². The molecule has 0 unspecified atom stereocenters. The van der Waals surface area contributed by atoms with Gasteiger partial charge in [0.05, 0.1) is 6.61 Å². The SMILES string of the molecule is O=c1cc(-c2ccc(O)c(O)c2)oc2cc(O)c(O[C@H]3O[C@H](CO)[C@@H](O)[C@@H](O)[C@H]3O)c(O)c12. The molecule has 12 heteroatoms. The highest BCUT2D eigenvalue weighted by atomic mass is 16.7. The fourth-order valence-electron chi connectivity index (χ4n) is 3.49. The minimum Gasteiger partial charge on any atom is -0.504 e. The first kappa shape index (κ1) is 22.6. The van der Waals surface area contributed by atoms with Crippen molar-refractivity contribution in [3.8, 4) is 40.1 Å². The second kappa shape index (κ2) is 8.42. The lowest BCUT2D eigenvalue weighted by molar-refractivity contribution is -0.277. The Bertz CT molecular complexity index is 1250. The van der Waals surface area contributed by atoms with Crippen LogP contribution in [0.15, 0.2) is 39.5 Å². The number of benzene rings is 2. The van der Waals surface area contributed by atoms with Crippen LogP contribution in [0, 0.1) is 0 Å². The first-order chi connectivity index (χ1) is 15.6. The molecule has 2 aromatic carbocycles.